The Hall–Kier alpha value is -1.42. The molecule has 10 nitrogen and oxygen atoms in total. The second kappa shape index (κ2) is 5.92. The summed E-state index contributed by atoms with van der Waals surface area (Å²) in [5.74, 6) is 0.00341. The predicted molar refractivity (Wildman–Crippen MR) is 64.6 cm³/mol. The van der Waals surface area contributed by atoms with E-state index < -0.39 is 45.1 Å². The normalized spacial score (nSPS) is 30.4. The third kappa shape index (κ3) is 2.85. The van der Waals surface area contributed by atoms with Gasteiger partial charge in [-0.05, 0) is 6.07 Å². The summed E-state index contributed by atoms with van der Waals surface area (Å²) >= 11 is 0. The standard InChI is InChI=1S/C9H12N3O7P/c10-5-1-2-12(9(15)11-5)8-6(14)7(19-20(16)17)4(3-13)18-8/h1-2,4,6-8,13-14H,3H2,(H2-,10,11,15,16,17)/p+1/t4-,6+,7-,8-/m1/s1. The number of hydrogen-bond donors (Lipinski definition) is 4. The average Bonchev–Trinajstić information content (AvgIpc) is 2.67. The van der Waals surface area contributed by atoms with Crippen LogP contribution in [0.1, 0.15) is 6.23 Å². The van der Waals surface area contributed by atoms with Gasteiger partial charge < -0.3 is 20.7 Å². The summed E-state index contributed by atoms with van der Waals surface area (Å²) in [6.45, 7) is -0.557. The van der Waals surface area contributed by atoms with E-state index in [1.54, 1.807) is 0 Å². The minimum Gasteiger partial charge on any atom is -0.394 e. The van der Waals surface area contributed by atoms with Gasteiger partial charge in [-0.1, -0.05) is 0 Å². The van der Waals surface area contributed by atoms with Gasteiger partial charge in [0.25, 0.3) is 0 Å². The minimum absolute atomic E-state index is 0.00341. The molecule has 5 atom stereocenters. The molecule has 1 saturated heterocycles. The van der Waals surface area contributed by atoms with E-state index in [4.69, 9.17) is 20.5 Å². The zero-order valence-electron chi connectivity index (χ0n) is 10.1. The van der Waals surface area contributed by atoms with Gasteiger partial charge in [-0.15, -0.1) is 9.42 Å². The highest BCUT2D eigenvalue weighted by Gasteiger charge is 2.49. The van der Waals surface area contributed by atoms with Crippen LogP contribution in [-0.4, -0.2) is 49.6 Å². The number of anilines is 1. The van der Waals surface area contributed by atoms with E-state index in [1.807, 2.05) is 0 Å². The van der Waals surface area contributed by atoms with Crippen LogP contribution in [0.4, 0.5) is 5.82 Å². The molecule has 20 heavy (non-hydrogen) atoms. The molecule has 1 fully saturated rings. The zero-order chi connectivity index (χ0) is 14.9. The first-order chi connectivity index (χ1) is 9.43. The second-order valence-corrected chi connectivity index (χ2v) is 4.77. The fraction of sp³-hybridized carbons (Fsp3) is 0.556. The maximum Gasteiger partial charge on any atom is 0.695 e. The number of aromatic nitrogens is 2. The molecule has 2 rings (SSSR count). The molecule has 0 amide bonds. The van der Waals surface area contributed by atoms with Crippen molar-refractivity contribution in [1.82, 2.24) is 9.55 Å². The van der Waals surface area contributed by atoms with Crippen LogP contribution in [0, 0.1) is 0 Å². The summed E-state index contributed by atoms with van der Waals surface area (Å²) in [4.78, 5) is 23.9. The van der Waals surface area contributed by atoms with Crippen molar-refractivity contribution in [3.8, 4) is 0 Å². The molecule has 0 bridgehead atoms. The van der Waals surface area contributed by atoms with Crippen LogP contribution in [0.5, 0.6) is 0 Å². The number of aliphatic hydroxyl groups is 2. The number of nitrogens with zero attached hydrogens (tertiary/aromatic N) is 2. The minimum atomic E-state index is -3.00. The first-order valence-electron chi connectivity index (χ1n) is 5.56. The Bertz CT molecular complexity index is 565. The Morgan fingerprint density at radius 2 is 2.30 bits per heavy atom. The second-order valence-electron chi connectivity index (χ2n) is 4.09. The first-order valence-corrected chi connectivity index (χ1v) is 6.69. The van der Waals surface area contributed by atoms with Crippen LogP contribution in [0.25, 0.3) is 0 Å². The van der Waals surface area contributed by atoms with Crippen molar-refractivity contribution in [1.29, 1.82) is 0 Å². The summed E-state index contributed by atoms with van der Waals surface area (Å²) in [5.41, 5.74) is 4.58. The summed E-state index contributed by atoms with van der Waals surface area (Å²) < 4.78 is 21.5. The molecule has 0 aliphatic carbocycles. The van der Waals surface area contributed by atoms with E-state index in [2.05, 4.69) is 9.51 Å². The molecule has 1 unspecified atom stereocenters. The maximum atomic E-state index is 11.7. The fourth-order valence-corrected chi connectivity index (χ4v) is 2.42. The van der Waals surface area contributed by atoms with E-state index in [9.17, 15) is 14.5 Å². The Labute approximate surface area is 113 Å². The molecule has 1 aliphatic heterocycles. The Kier molecular flexibility index (Phi) is 4.43. The highest BCUT2D eigenvalue weighted by atomic mass is 31.1. The van der Waals surface area contributed by atoms with Gasteiger partial charge in [-0.3, -0.25) is 4.57 Å². The van der Waals surface area contributed by atoms with E-state index in [1.165, 1.54) is 12.3 Å². The van der Waals surface area contributed by atoms with Gasteiger partial charge in [0.2, 0.25) is 0 Å². The lowest BCUT2D eigenvalue weighted by Gasteiger charge is -2.16. The van der Waals surface area contributed by atoms with Gasteiger partial charge in [0.15, 0.2) is 12.3 Å². The molecule has 1 aromatic heterocycles. The molecule has 11 heteroatoms. The molecule has 0 spiro atoms. The smallest absolute Gasteiger partial charge is 0.394 e. The molecule has 110 valence electrons. The molecular weight excluding hydrogens is 293 g/mol. The van der Waals surface area contributed by atoms with Gasteiger partial charge >= 0.3 is 13.9 Å². The quantitative estimate of drug-likeness (QED) is 0.467. The van der Waals surface area contributed by atoms with E-state index in [0.717, 1.165) is 4.57 Å². The van der Waals surface area contributed by atoms with Crippen LogP contribution in [-0.2, 0) is 13.8 Å². The Morgan fingerprint density at radius 3 is 2.85 bits per heavy atom. The number of ether oxygens (including phenoxy) is 1. The molecule has 0 aromatic carbocycles. The number of aliphatic hydroxyl groups excluding tert-OH is 2. The number of hydrogen-bond acceptors (Lipinski definition) is 8. The van der Waals surface area contributed by atoms with Crippen molar-refractivity contribution in [3.05, 3.63) is 22.7 Å². The zero-order valence-corrected chi connectivity index (χ0v) is 11.0. The van der Waals surface area contributed by atoms with Crippen molar-refractivity contribution >= 4 is 14.1 Å². The van der Waals surface area contributed by atoms with Crippen LogP contribution < -0.4 is 11.4 Å². The largest absolute Gasteiger partial charge is 0.695 e. The highest BCUT2D eigenvalue weighted by Crippen LogP contribution is 2.34. The van der Waals surface area contributed by atoms with Gasteiger partial charge in [0.05, 0.1) is 6.61 Å². The van der Waals surface area contributed by atoms with Crippen molar-refractivity contribution < 1.29 is 28.9 Å². The summed E-state index contributed by atoms with van der Waals surface area (Å²) in [6, 6.07) is 1.33. The predicted octanol–water partition coefficient (Wildman–Crippen LogP) is -1.89. The van der Waals surface area contributed by atoms with E-state index in [-0.39, 0.29) is 5.82 Å². The lowest BCUT2D eigenvalue weighted by molar-refractivity contribution is -0.0544. The molecular formula is C9H13N3O7P+. The van der Waals surface area contributed by atoms with Gasteiger partial charge in [0, 0.05) is 10.8 Å². The summed E-state index contributed by atoms with van der Waals surface area (Å²) in [6.07, 6.45) is -3.67. The molecule has 1 aliphatic rings. The first kappa shape index (κ1) is 15.0. The molecule has 5 N–H and O–H groups in total. The lowest BCUT2D eigenvalue weighted by Crippen LogP contribution is -2.36. The van der Waals surface area contributed by atoms with Gasteiger partial charge in [0.1, 0.15) is 18.0 Å². The molecule has 0 radical (unpaired) electrons. The van der Waals surface area contributed by atoms with Crippen molar-refractivity contribution in [2.45, 2.75) is 24.5 Å². The molecule has 2 heterocycles. The van der Waals surface area contributed by atoms with Crippen LogP contribution >= 0.6 is 8.25 Å². The van der Waals surface area contributed by atoms with E-state index >= 15 is 0 Å². The van der Waals surface area contributed by atoms with Crippen LogP contribution in [0.15, 0.2) is 17.1 Å². The fourth-order valence-electron chi connectivity index (χ4n) is 1.95. The SMILES string of the molecule is Nc1ccn([C@@H]2O[C@H](CO)[C@@H](O[P+](=O)O)[C@@H]2O)c(=O)n1. The highest BCUT2D eigenvalue weighted by molar-refractivity contribution is 7.32. The third-order valence-electron chi connectivity index (χ3n) is 2.83. The maximum absolute atomic E-state index is 11.7. The number of nitrogen functional groups attached to an aromatic ring is 1. The summed E-state index contributed by atoms with van der Waals surface area (Å²) in [7, 11) is -3.00. The number of rotatable bonds is 4. The topological polar surface area (TPSA) is 157 Å². The van der Waals surface area contributed by atoms with Crippen LogP contribution in [0.2, 0.25) is 0 Å². The van der Waals surface area contributed by atoms with Gasteiger partial charge in [-0.2, -0.15) is 4.98 Å². The average molecular weight is 306 g/mol. The monoisotopic (exact) mass is 306 g/mol. The van der Waals surface area contributed by atoms with Crippen molar-refractivity contribution in [2.75, 3.05) is 12.3 Å². The van der Waals surface area contributed by atoms with Crippen LogP contribution in [0.3, 0.4) is 0 Å². The van der Waals surface area contributed by atoms with Gasteiger partial charge in [-0.25, -0.2) is 4.79 Å². The van der Waals surface area contributed by atoms with E-state index in [0.29, 0.717) is 0 Å². The summed E-state index contributed by atoms with van der Waals surface area (Å²) in [5, 5.41) is 19.2. The lowest BCUT2D eigenvalue weighted by atomic mass is 10.1. The Balaban J connectivity index is 2.29. The molecule has 0 saturated carbocycles. The third-order valence-corrected chi connectivity index (χ3v) is 3.25. The number of nitrogens with two attached hydrogens (primary N) is 1. The van der Waals surface area contributed by atoms with Crippen molar-refractivity contribution in [3.63, 3.8) is 0 Å². The molecule has 1 aromatic rings. The van der Waals surface area contributed by atoms with Crippen molar-refractivity contribution in [2.24, 2.45) is 0 Å². The Morgan fingerprint density at radius 1 is 1.60 bits per heavy atom.